The molecule has 4 rings (SSSR count). The van der Waals surface area contributed by atoms with Gasteiger partial charge in [0.05, 0.1) is 6.04 Å². The highest BCUT2D eigenvalue weighted by Crippen LogP contribution is 2.36. The monoisotopic (exact) mass is 228 g/mol. The Kier molecular flexibility index (Phi) is 2.75. The minimum atomic E-state index is 0.352. The second-order valence-corrected chi connectivity index (χ2v) is 5.41. The molecule has 3 heterocycles. The topological polar surface area (TPSA) is 27.1 Å². The fourth-order valence-electron chi connectivity index (χ4n) is 3.45. The third-order valence-corrected chi connectivity index (χ3v) is 4.48. The predicted octanol–water partition coefficient (Wildman–Crippen LogP) is 2.90. The summed E-state index contributed by atoms with van der Waals surface area (Å²) in [6.07, 6.45) is 2.41. The van der Waals surface area contributed by atoms with E-state index in [9.17, 15) is 0 Å². The van der Waals surface area contributed by atoms with E-state index < -0.39 is 0 Å². The van der Waals surface area contributed by atoms with Crippen LogP contribution in [0.4, 0.5) is 0 Å². The van der Waals surface area contributed by atoms with Crippen molar-refractivity contribution in [1.82, 2.24) is 4.90 Å². The van der Waals surface area contributed by atoms with Crippen LogP contribution in [0.25, 0.3) is 0 Å². The van der Waals surface area contributed by atoms with Gasteiger partial charge in [0.2, 0.25) is 0 Å². The van der Waals surface area contributed by atoms with Gasteiger partial charge in [-0.25, -0.2) is 0 Å². The Balaban J connectivity index is 1.87. The van der Waals surface area contributed by atoms with Crippen LogP contribution in [0.3, 0.4) is 0 Å². The first kappa shape index (κ1) is 11.0. The maximum Gasteiger partial charge on any atom is 0.0542 e. The molecule has 0 spiro atoms. The molecular formula is C15H20N2. The van der Waals surface area contributed by atoms with E-state index in [1.165, 1.54) is 31.5 Å². The van der Waals surface area contributed by atoms with Crippen molar-refractivity contribution in [3.8, 4) is 0 Å². The number of hydrogen-bond acceptors (Lipinski definition) is 2. The molecule has 1 unspecified atom stereocenters. The summed E-state index contributed by atoms with van der Waals surface area (Å²) in [5.41, 5.74) is 2.36. The van der Waals surface area contributed by atoms with Crippen LogP contribution in [0.15, 0.2) is 30.3 Å². The summed E-state index contributed by atoms with van der Waals surface area (Å²) < 4.78 is 0. The van der Waals surface area contributed by atoms with E-state index in [1.807, 2.05) is 0 Å². The minimum Gasteiger partial charge on any atom is -0.308 e. The summed E-state index contributed by atoms with van der Waals surface area (Å²) >= 11 is 0. The van der Waals surface area contributed by atoms with E-state index in [2.05, 4.69) is 42.2 Å². The van der Waals surface area contributed by atoms with Crippen LogP contribution in [0, 0.1) is 11.3 Å². The highest BCUT2D eigenvalue weighted by Gasteiger charge is 2.40. The number of nitrogens with one attached hydrogen (secondary N) is 1. The first-order valence-corrected chi connectivity index (χ1v) is 6.64. The fourth-order valence-corrected chi connectivity index (χ4v) is 3.45. The smallest absolute Gasteiger partial charge is 0.0542 e. The van der Waals surface area contributed by atoms with Crippen molar-refractivity contribution in [3.63, 3.8) is 0 Å². The zero-order chi connectivity index (χ0) is 11.8. The molecule has 0 amide bonds. The summed E-state index contributed by atoms with van der Waals surface area (Å²) in [6.45, 7) is 4.65. The van der Waals surface area contributed by atoms with E-state index in [4.69, 9.17) is 5.41 Å². The molecule has 2 bridgehead atoms. The van der Waals surface area contributed by atoms with Gasteiger partial charge in [0.1, 0.15) is 0 Å². The van der Waals surface area contributed by atoms with E-state index in [0.29, 0.717) is 17.9 Å². The quantitative estimate of drug-likeness (QED) is 0.828. The molecule has 2 nitrogen and oxygen atoms in total. The minimum absolute atomic E-state index is 0.352. The molecule has 2 atom stereocenters. The van der Waals surface area contributed by atoms with Crippen LogP contribution >= 0.6 is 0 Å². The molecule has 0 aromatic heterocycles. The molecule has 3 aliphatic rings. The lowest BCUT2D eigenvalue weighted by molar-refractivity contribution is 0.131. The van der Waals surface area contributed by atoms with E-state index in [1.54, 1.807) is 0 Å². The molecule has 0 saturated carbocycles. The SMILES string of the molecule is CC(c1ccccc1)[C@H]1C(=N)C2CCN1CC2. The summed E-state index contributed by atoms with van der Waals surface area (Å²) in [4.78, 5) is 2.51. The number of fused-ring (bicyclic) bond motifs is 3. The second kappa shape index (κ2) is 4.26. The summed E-state index contributed by atoms with van der Waals surface area (Å²) in [7, 11) is 0. The van der Waals surface area contributed by atoms with Gasteiger partial charge in [0, 0.05) is 17.5 Å². The molecule has 0 radical (unpaired) electrons. The summed E-state index contributed by atoms with van der Waals surface area (Å²) in [5.74, 6) is 1.02. The van der Waals surface area contributed by atoms with Crippen molar-refractivity contribution >= 4 is 5.71 Å². The van der Waals surface area contributed by atoms with Gasteiger partial charge >= 0.3 is 0 Å². The van der Waals surface area contributed by atoms with Crippen LogP contribution in [0.5, 0.6) is 0 Å². The Morgan fingerprint density at radius 1 is 1.18 bits per heavy atom. The van der Waals surface area contributed by atoms with Crippen molar-refractivity contribution in [3.05, 3.63) is 35.9 Å². The molecule has 1 aromatic carbocycles. The summed E-state index contributed by atoms with van der Waals surface area (Å²) in [5, 5.41) is 8.37. The second-order valence-electron chi connectivity index (χ2n) is 5.41. The number of nitrogens with zero attached hydrogens (tertiary/aromatic N) is 1. The molecule has 3 saturated heterocycles. The van der Waals surface area contributed by atoms with Crippen molar-refractivity contribution in [2.45, 2.75) is 31.7 Å². The molecule has 90 valence electrons. The molecule has 0 aliphatic carbocycles. The van der Waals surface area contributed by atoms with Crippen LogP contribution in [0.1, 0.15) is 31.2 Å². The number of rotatable bonds is 2. The van der Waals surface area contributed by atoms with Crippen LogP contribution < -0.4 is 0 Å². The maximum atomic E-state index is 8.37. The highest BCUT2D eigenvalue weighted by molar-refractivity contribution is 5.91. The highest BCUT2D eigenvalue weighted by atomic mass is 15.2. The molecule has 17 heavy (non-hydrogen) atoms. The number of piperidine rings is 3. The lowest BCUT2D eigenvalue weighted by Crippen LogP contribution is -2.56. The Morgan fingerprint density at radius 3 is 2.41 bits per heavy atom. The first-order valence-electron chi connectivity index (χ1n) is 6.64. The molecular weight excluding hydrogens is 208 g/mol. The standard InChI is InChI=1S/C15H20N2/c1-11(12-5-3-2-4-6-12)15-14(16)13-7-9-17(15)10-8-13/h2-6,11,13,15-16H,7-10H2,1H3/t11?,15-/m0/s1. The van der Waals surface area contributed by atoms with Gasteiger partial charge in [0.15, 0.2) is 0 Å². The normalized spacial score (nSPS) is 33.7. The van der Waals surface area contributed by atoms with Gasteiger partial charge in [-0.3, -0.25) is 4.90 Å². The third kappa shape index (κ3) is 1.81. The average Bonchev–Trinajstić information content (AvgIpc) is 2.40. The van der Waals surface area contributed by atoms with Crippen LogP contribution in [-0.4, -0.2) is 29.7 Å². The van der Waals surface area contributed by atoms with Gasteiger partial charge in [-0.15, -0.1) is 0 Å². The van der Waals surface area contributed by atoms with Gasteiger partial charge in [-0.1, -0.05) is 37.3 Å². The third-order valence-electron chi connectivity index (χ3n) is 4.48. The lowest BCUT2D eigenvalue weighted by Gasteiger charge is -2.48. The largest absolute Gasteiger partial charge is 0.308 e. The molecule has 3 aliphatic heterocycles. The maximum absolute atomic E-state index is 8.37. The molecule has 1 N–H and O–H groups in total. The van der Waals surface area contributed by atoms with Crippen molar-refractivity contribution in [1.29, 1.82) is 5.41 Å². The zero-order valence-electron chi connectivity index (χ0n) is 10.4. The molecule has 3 fully saturated rings. The van der Waals surface area contributed by atoms with Gasteiger partial charge in [0.25, 0.3) is 0 Å². The van der Waals surface area contributed by atoms with E-state index >= 15 is 0 Å². The van der Waals surface area contributed by atoms with Crippen molar-refractivity contribution in [2.75, 3.05) is 13.1 Å². The Morgan fingerprint density at radius 2 is 1.82 bits per heavy atom. The molecule has 1 aromatic rings. The van der Waals surface area contributed by atoms with Crippen LogP contribution in [-0.2, 0) is 0 Å². The Labute approximate surface area is 103 Å². The van der Waals surface area contributed by atoms with Gasteiger partial charge < -0.3 is 5.41 Å². The number of hydrogen-bond donors (Lipinski definition) is 1. The predicted molar refractivity (Wildman–Crippen MR) is 70.7 cm³/mol. The average molecular weight is 228 g/mol. The van der Waals surface area contributed by atoms with Crippen LogP contribution in [0.2, 0.25) is 0 Å². The van der Waals surface area contributed by atoms with E-state index in [-0.39, 0.29) is 0 Å². The zero-order valence-corrected chi connectivity index (χ0v) is 10.4. The first-order chi connectivity index (χ1) is 8.27. The van der Waals surface area contributed by atoms with Crippen molar-refractivity contribution in [2.24, 2.45) is 5.92 Å². The fraction of sp³-hybridized carbons (Fsp3) is 0.533. The summed E-state index contributed by atoms with van der Waals surface area (Å²) in [6, 6.07) is 11.0. The van der Waals surface area contributed by atoms with Gasteiger partial charge in [-0.2, -0.15) is 0 Å². The lowest BCUT2D eigenvalue weighted by atomic mass is 9.75. The van der Waals surface area contributed by atoms with E-state index in [0.717, 1.165) is 5.71 Å². The Bertz CT molecular complexity index is 404. The number of benzene rings is 1. The van der Waals surface area contributed by atoms with Gasteiger partial charge in [-0.05, 0) is 31.5 Å². The van der Waals surface area contributed by atoms with Crippen molar-refractivity contribution < 1.29 is 0 Å². The Hall–Kier alpha value is -1.15. The molecule has 2 heteroatoms.